The van der Waals surface area contributed by atoms with Gasteiger partial charge in [-0.2, -0.15) is 0 Å². The summed E-state index contributed by atoms with van der Waals surface area (Å²) in [6, 6.07) is 26.3. The first kappa shape index (κ1) is 32.7. The summed E-state index contributed by atoms with van der Waals surface area (Å²) in [4.78, 5) is 29.3. The lowest BCUT2D eigenvalue weighted by Crippen LogP contribution is -2.54. The van der Waals surface area contributed by atoms with E-state index in [1.807, 2.05) is 51.1 Å². The van der Waals surface area contributed by atoms with Gasteiger partial charge in [0.05, 0.1) is 10.6 Å². The number of hydrogen-bond acceptors (Lipinski definition) is 4. The predicted octanol–water partition coefficient (Wildman–Crippen LogP) is 6.15. The van der Waals surface area contributed by atoms with Gasteiger partial charge in [0, 0.05) is 24.0 Å². The number of anilines is 1. The lowest BCUT2D eigenvalue weighted by molar-refractivity contribution is -0.140. The Hall–Kier alpha value is -4.21. The number of sulfonamides is 1. The maximum absolute atomic E-state index is 15.2. The molecule has 0 aliphatic heterocycles. The second-order valence-corrected chi connectivity index (χ2v) is 13.1. The summed E-state index contributed by atoms with van der Waals surface area (Å²) in [5.74, 6) is -1.89. The molecule has 0 radical (unpaired) electrons. The van der Waals surface area contributed by atoms with Crippen molar-refractivity contribution < 1.29 is 22.4 Å². The first-order valence-corrected chi connectivity index (χ1v) is 16.0. The lowest BCUT2D eigenvalue weighted by Gasteiger charge is -2.34. The number of aryl methyl sites for hydroxylation is 1. The number of para-hydroxylation sites is 1. The van der Waals surface area contributed by atoms with Gasteiger partial charge in [0.1, 0.15) is 18.4 Å². The van der Waals surface area contributed by atoms with Gasteiger partial charge < -0.3 is 10.2 Å². The van der Waals surface area contributed by atoms with Gasteiger partial charge in [-0.25, -0.2) is 12.8 Å². The van der Waals surface area contributed by atoms with Crippen LogP contribution < -0.4 is 9.62 Å². The molecule has 7 nitrogen and oxygen atoms in total. The molecule has 230 valence electrons. The van der Waals surface area contributed by atoms with Crippen molar-refractivity contribution >= 4 is 39.1 Å². The second kappa shape index (κ2) is 14.5. The van der Waals surface area contributed by atoms with Gasteiger partial charge in [-0.1, -0.05) is 83.9 Å². The van der Waals surface area contributed by atoms with Gasteiger partial charge in [0.25, 0.3) is 10.0 Å². The molecule has 0 saturated carbocycles. The van der Waals surface area contributed by atoms with Crippen molar-refractivity contribution in [3.05, 3.63) is 131 Å². The van der Waals surface area contributed by atoms with E-state index in [1.54, 1.807) is 36.4 Å². The van der Waals surface area contributed by atoms with Gasteiger partial charge in [0.15, 0.2) is 0 Å². The van der Waals surface area contributed by atoms with E-state index in [4.69, 9.17) is 11.6 Å². The van der Waals surface area contributed by atoms with E-state index < -0.39 is 40.2 Å². The minimum Gasteiger partial charge on any atom is -0.352 e. The third kappa shape index (κ3) is 8.24. The number of amides is 2. The van der Waals surface area contributed by atoms with Crippen molar-refractivity contribution in [1.29, 1.82) is 0 Å². The number of rotatable bonds is 12. The fourth-order valence-corrected chi connectivity index (χ4v) is 6.27. The van der Waals surface area contributed by atoms with E-state index in [2.05, 4.69) is 5.32 Å². The standard InChI is InChI=1S/C34H35ClFN3O4S/c1-24(2)37-34(41)32(21-26-9-5-4-6-10-26)38(22-27-15-17-28(35)18-16-27)33(40)23-39(31-12-8-7-11-30(31)36)44(42,43)29-19-13-25(3)14-20-29/h4-20,24,32H,21-23H2,1-3H3,(H,37,41). The number of hydrogen-bond donors (Lipinski definition) is 1. The summed E-state index contributed by atoms with van der Waals surface area (Å²) >= 11 is 6.10. The number of benzene rings is 4. The summed E-state index contributed by atoms with van der Waals surface area (Å²) < 4.78 is 43.9. The van der Waals surface area contributed by atoms with Crippen molar-refractivity contribution in [1.82, 2.24) is 10.2 Å². The van der Waals surface area contributed by atoms with Crippen LogP contribution in [0.25, 0.3) is 0 Å². The Labute approximate surface area is 263 Å². The maximum atomic E-state index is 15.2. The average Bonchev–Trinajstić information content (AvgIpc) is 2.99. The van der Waals surface area contributed by atoms with E-state index in [9.17, 15) is 18.0 Å². The molecule has 1 unspecified atom stereocenters. The van der Waals surface area contributed by atoms with Crippen LogP contribution in [-0.4, -0.2) is 43.8 Å². The molecule has 0 aromatic heterocycles. The van der Waals surface area contributed by atoms with Gasteiger partial charge >= 0.3 is 0 Å². The highest BCUT2D eigenvalue weighted by atomic mass is 35.5. The minimum absolute atomic E-state index is 0.0191. The first-order valence-electron chi connectivity index (χ1n) is 14.2. The predicted molar refractivity (Wildman–Crippen MR) is 171 cm³/mol. The van der Waals surface area contributed by atoms with Crippen LogP contribution >= 0.6 is 11.6 Å². The number of carbonyl (C=O) groups excluding carboxylic acids is 2. The fourth-order valence-electron chi connectivity index (χ4n) is 4.73. The highest BCUT2D eigenvalue weighted by molar-refractivity contribution is 7.92. The number of halogens is 2. The molecule has 0 aliphatic rings. The van der Waals surface area contributed by atoms with Crippen LogP contribution in [0, 0.1) is 12.7 Å². The third-order valence-electron chi connectivity index (χ3n) is 6.98. The Bertz CT molecular complexity index is 1680. The highest BCUT2D eigenvalue weighted by Gasteiger charge is 2.35. The molecule has 0 spiro atoms. The quantitative estimate of drug-likeness (QED) is 0.202. The van der Waals surface area contributed by atoms with Crippen molar-refractivity contribution in [2.75, 3.05) is 10.8 Å². The van der Waals surface area contributed by atoms with Gasteiger partial charge in [-0.05, 0) is 68.3 Å². The molecule has 2 amide bonds. The Balaban J connectivity index is 1.81. The van der Waals surface area contributed by atoms with Crippen LogP contribution in [0.1, 0.15) is 30.5 Å². The van der Waals surface area contributed by atoms with Crippen molar-refractivity contribution in [3.8, 4) is 0 Å². The molecule has 10 heteroatoms. The van der Waals surface area contributed by atoms with Gasteiger partial charge in [-0.3, -0.25) is 13.9 Å². The zero-order valence-corrected chi connectivity index (χ0v) is 26.4. The minimum atomic E-state index is -4.40. The highest BCUT2D eigenvalue weighted by Crippen LogP contribution is 2.27. The maximum Gasteiger partial charge on any atom is 0.264 e. The van der Waals surface area contributed by atoms with Crippen LogP contribution in [0.3, 0.4) is 0 Å². The zero-order valence-electron chi connectivity index (χ0n) is 24.8. The molecule has 4 aromatic carbocycles. The molecule has 0 fully saturated rings. The van der Waals surface area contributed by atoms with Crippen LogP contribution in [-0.2, 0) is 32.6 Å². The molecule has 44 heavy (non-hydrogen) atoms. The number of carbonyl (C=O) groups is 2. The summed E-state index contributed by atoms with van der Waals surface area (Å²) in [5, 5.41) is 3.40. The molecule has 0 heterocycles. The molecule has 4 rings (SSSR count). The second-order valence-electron chi connectivity index (χ2n) is 10.8. The summed E-state index contributed by atoms with van der Waals surface area (Å²) in [6.07, 6.45) is 0.170. The molecule has 4 aromatic rings. The third-order valence-corrected chi connectivity index (χ3v) is 9.00. The summed E-state index contributed by atoms with van der Waals surface area (Å²) in [7, 11) is -4.40. The molecule has 0 bridgehead atoms. The normalized spacial score (nSPS) is 12.0. The molecule has 1 N–H and O–H groups in total. The van der Waals surface area contributed by atoms with Crippen LogP contribution in [0.15, 0.2) is 108 Å². The SMILES string of the molecule is Cc1ccc(S(=O)(=O)N(CC(=O)N(Cc2ccc(Cl)cc2)C(Cc2ccccc2)C(=O)NC(C)C)c2ccccc2F)cc1. The van der Waals surface area contributed by atoms with Gasteiger partial charge in [0.2, 0.25) is 11.8 Å². The van der Waals surface area contributed by atoms with Crippen molar-refractivity contribution in [3.63, 3.8) is 0 Å². The summed E-state index contributed by atoms with van der Waals surface area (Å²) in [6.45, 7) is 4.69. The topological polar surface area (TPSA) is 86.8 Å². The van der Waals surface area contributed by atoms with Crippen LogP contribution in [0.4, 0.5) is 10.1 Å². The monoisotopic (exact) mass is 635 g/mol. The number of nitrogens with zero attached hydrogens (tertiary/aromatic N) is 2. The smallest absolute Gasteiger partial charge is 0.264 e. The Morgan fingerprint density at radius 3 is 2.07 bits per heavy atom. The van der Waals surface area contributed by atoms with E-state index in [1.165, 1.54) is 35.2 Å². The van der Waals surface area contributed by atoms with E-state index >= 15 is 4.39 Å². The van der Waals surface area contributed by atoms with E-state index in [-0.39, 0.29) is 29.6 Å². The Morgan fingerprint density at radius 2 is 1.45 bits per heavy atom. The van der Waals surface area contributed by atoms with E-state index in [0.29, 0.717) is 10.6 Å². The molecular formula is C34H35ClFN3O4S. The van der Waals surface area contributed by atoms with E-state index in [0.717, 1.165) is 21.5 Å². The largest absolute Gasteiger partial charge is 0.352 e. The van der Waals surface area contributed by atoms with Crippen LogP contribution in [0.5, 0.6) is 0 Å². The Morgan fingerprint density at radius 1 is 0.841 bits per heavy atom. The lowest BCUT2D eigenvalue weighted by atomic mass is 10.0. The average molecular weight is 636 g/mol. The van der Waals surface area contributed by atoms with Crippen molar-refractivity contribution in [2.24, 2.45) is 0 Å². The van der Waals surface area contributed by atoms with Gasteiger partial charge in [-0.15, -0.1) is 0 Å². The molecular weight excluding hydrogens is 601 g/mol. The zero-order chi connectivity index (χ0) is 31.9. The first-order chi connectivity index (χ1) is 21.0. The molecule has 1 atom stereocenters. The van der Waals surface area contributed by atoms with Crippen molar-refractivity contribution in [2.45, 2.75) is 50.7 Å². The molecule has 0 saturated heterocycles. The number of nitrogens with one attached hydrogen (secondary N) is 1. The summed E-state index contributed by atoms with van der Waals surface area (Å²) in [5.41, 5.74) is 2.05. The Kier molecular flexibility index (Phi) is 10.8. The van der Waals surface area contributed by atoms with Crippen LogP contribution in [0.2, 0.25) is 5.02 Å². The molecule has 0 aliphatic carbocycles. The fraction of sp³-hybridized carbons (Fsp3) is 0.235.